The maximum absolute atomic E-state index is 13.6. The van der Waals surface area contributed by atoms with Crippen LogP contribution in [0.5, 0.6) is 0 Å². The topological polar surface area (TPSA) is 92.4 Å². The Morgan fingerprint density at radius 2 is 2.17 bits per heavy atom. The Balaban J connectivity index is 1.71. The lowest BCUT2D eigenvalue weighted by Crippen LogP contribution is -2.29. The first-order valence-corrected chi connectivity index (χ1v) is 6.95. The number of amides is 1. The molecule has 0 bridgehead atoms. The van der Waals surface area contributed by atoms with Gasteiger partial charge in [-0.15, -0.1) is 5.10 Å². The Bertz CT molecular complexity index is 864. The molecule has 0 radical (unpaired) electrons. The Hall–Kier alpha value is -2.87. The van der Waals surface area contributed by atoms with E-state index in [0.29, 0.717) is 5.78 Å². The Kier molecular flexibility index (Phi) is 3.98. The van der Waals surface area contributed by atoms with Crippen molar-refractivity contribution in [2.24, 2.45) is 0 Å². The van der Waals surface area contributed by atoms with Crippen molar-refractivity contribution in [3.05, 3.63) is 59.4 Å². The minimum Gasteiger partial charge on any atom is -0.386 e. The lowest BCUT2D eigenvalue weighted by Gasteiger charge is -2.12. The van der Waals surface area contributed by atoms with Crippen molar-refractivity contribution in [2.45, 2.75) is 13.0 Å². The second-order valence-electron chi connectivity index (χ2n) is 4.98. The number of aryl methyl sites for hydroxylation is 1. The smallest absolute Gasteiger partial charge is 0.291 e. The summed E-state index contributed by atoms with van der Waals surface area (Å²) in [6, 6.07) is 7.59. The van der Waals surface area contributed by atoms with Crippen LogP contribution in [0.15, 0.2) is 36.5 Å². The molecule has 0 spiro atoms. The number of halogens is 1. The number of aliphatic hydroxyl groups excluding tert-OH is 1. The van der Waals surface area contributed by atoms with Crippen LogP contribution in [0.25, 0.3) is 5.78 Å². The summed E-state index contributed by atoms with van der Waals surface area (Å²) in [5, 5.41) is 16.5. The average molecular weight is 315 g/mol. The third-order valence-electron chi connectivity index (χ3n) is 3.35. The van der Waals surface area contributed by atoms with E-state index in [-0.39, 0.29) is 17.9 Å². The molecule has 1 amide bonds. The molecule has 1 atom stereocenters. The summed E-state index contributed by atoms with van der Waals surface area (Å²) in [7, 11) is 0. The van der Waals surface area contributed by atoms with Crippen molar-refractivity contribution >= 4 is 11.7 Å². The molecule has 2 heterocycles. The second kappa shape index (κ2) is 6.09. The first kappa shape index (κ1) is 15.0. The van der Waals surface area contributed by atoms with Gasteiger partial charge in [0.05, 0.1) is 6.10 Å². The fourth-order valence-corrected chi connectivity index (χ4v) is 2.13. The van der Waals surface area contributed by atoms with Crippen LogP contribution < -0.4 is 5.32 Å². The molecule has 0 aliphatic heterocycles. The van der Waals surface area contributed by atoms with Crippen molar-refractivity contribution in [3.63, 3.8) is 0 Å². The number of carbonyl (C=O) groups is 1. The van der Waals surface area contributed by atoms with Crippen molar-refractivity contribution in [3.8, 4) is 0 Å². The number of aromatic nitrogens is 4. The molecule has 2 N–H and O–H groups in total. The number of nitrogens with zero attached hydrogens (tertiary/aromatic N) is 4. The third kappa shape index (κ3) is 3.02. The van der Waals surface area contributed by atoms with Gasteiger partial charge in [0.1, 0.15) is 5.82 Å². The molecule has 118 valence electrons. The number of nitrogens with one attached hydrogen (secondary N) is 1. The number of rotatable bonds is 4. The van der Waals surface area contributed by atoms with Crippen molar-refractivity contribution in [2.75, 3.05) is 6.54 Å². The number of carbonyl (C=O) groups excluding carboxylic acids is 1. The summed E-state index contributed by atoms with van der Waals surface area (Å²) in [6.45, 7) is 1.66. The second-order valence-corrected chi connectivity index (χ2v) is 4.98. The van der Waals surface area contributed by atoms with Gasteiger partial charge < -0.3 is 10.4 Å². The fourth-order valence-electron chi connectivity index (χ4n) is 2.13. The Labute approximate surface area is 130 Å². The molecule has 3 rings (SSSR count). The molecule has 1 unspecified atom stereocenters. The number of benzene rings is 1. The zero-order chi connectivity index (χ0) is 16.4. The lowest BCUT2D eigenvalue weighted by atomic mass is 10.1. The number of hydrogen-bond donors (Lipinski definition) is 2. The third-order valence-corrected chi connectivity index (χ3v) is 3.35. The molecule has 3 aromatic rings. The highest BCUT2D eigenvalue weighted by Crippen LogP contribution is 2.15. The van der Waals surface area contributed by atoms with Gasteiger partial charge in [-0.25, -0.2) is 13.9 Å². The van der Waals surface area contributed by atoms with Crippen LogP contribution in [0.2, 0.25) is 0 Å². The standard InChI is InChI=1S/C15H14FN5O2/c1-9-6-7-17-15-19-13(20-21(9)15)14(23)18-8-12(22)10-4-2-3-5-11(10)16/h2-7,12,22H,8H2,1H3,(H,18,23). The Morgan fingerprint density at radius 1 is 1.39 bits per heavy atom. The SMILES string of the molecule is Cc1ccnc2nc(C(=O)NCC(O)c3ccccc3F)nn12. The van der Waals surface area contributed by atoms with Crippen LogP contribution in [0.1, 0.15) is 28.0 Å². The van der Waals surface area contributed by atoms with Gasteiger partial charge in [-0.2, -0.15) is 4.98 Å². The minimum absolute atomic E-state index is 0.0625. The maximum atomic E-state index is 13.6. The molecule has 8 heteroatoms. The highest BCUT2D eigenvalue weighted by atomic mass is 19.1. The van der Waals surface area contributed by atoms with Crippen LogP contribution in [0, 0.1) is 12.7 Å². The van der Waals surface area contributed by atoms with E-state index in [1.165, 1.54) is 22.7 Å². The molecule has 7 nitrogen and oxygen atoms in total. The lowest BCUT2D eigenvalue weighted by molar-refractivity contribution is 0.0904. The molecule has 2 aromatic heterocycles. The van der Waals surface area contributed by atoms with Gasteiger partial charge >= 0.3 is 0 Å². The van der Waals surface area contributed by atoms with Crippen LogP contribution in [0.3, 0.4) is 0 Å². The molecule has 0 aliphatic rings. The van der Waals surface area contributed by atoms with Crippen LogP contribution >= 0.6 is 0 Å². The first-order chi connectivity index (χ1) is 11.1. The summed E-state index contributed by atoms with van der Waals surface area (Å²) >= 11 is 0. The van der Waals surface area contributed by atoms with Gasteiger partial charge in [0.15, 0.2) is 0 Å². The molecule has 0 aliphatic carbocycles. The molecule has 1 aromatic carbocycles. The predicted octanol–water partition coefficient (Wildman–Crippen LogP) is 1.04. The number of fused-ring (bicyclic) bond motifs is 1. The van der Waals surface area contributed by atoms with Gasteiger partial charge in [-0.05, 0) is 19.1 Å². The van der Waals surface area contributed by atoms with E-state index in [1.807, 2.05) is 6.92 Å². The van der Waals surface area contributed by atoms with Crippen molar-refractivity contribution in [1.82, 2.24) is 24.9 Å². The maximum Gasteiger partial charge on any atom is 0.291 e. The van der Waals surface area contributed by atoms with E-state index in [4.69, 9.17) is 0 Å². The molecule has 0 fully saturated rings. The van der Waals surface area contributed by atoms with Crippen LogP contribution in [-0.4, -0.2) is 37.1 Å². The molecule has 0 saturated carbocycles. The first-order valence-electron chi connectivity index (χ1n) is 6.95. The normalized spacial score (nSPS) is 12.3. The minimum atomic E-state index is -1.16. The van der Waals surface area contributed by atoms with E-state index in [2.05, 4.69) is 20.4 Å². The molecular formula is C15H14FN5O2. The van der Waals surface area contributed by atoms with E-state index in [9.17, 15) is 14.3 Å². The van der Waals surface area contributed by atoms with Gasteiger partial charge in [-0.3, -0.25) is 4.79 Å². The summed E-state index contributed by atoms with van der Waals surface area (Å²) < 4.78 is 15.0. The average Bonchev–Trinajstić information content (AvgIpc) is 2.98. The predicted molar refractivity (Wildman–Crippen MR) is 79.2 cm³/mol. The van der Waals surface area contributed by atoms with Crippen molar-refractivity contribution < 1.29 is 14.3 Å². The monoisotopic (exact) mass is 315 g/mol. The molecular weight excluding hydrogens is 301 g/mol. The number of hydrogen-bond acceptors (Lipinski definition) is 5. The number of aliphatic hydroxyl groups is 1. The summed E-state index contributed by atoms with van der Waals surface area (Å²) in [5.41, 5.74) is 0.904. The fraction of sp³-hybridized carbons (Fsp3) is 0.200. The highest BCUT2D eigenvalue weighted by Gasteiger charge is 2.17. The zero-order valence-corrected chi connectivity index (χ0v) is 12.3. The summed E-state index contributed by atoms with van der Waals surface area (Å²) in [4.78, 5) is 20.1. The molecule has 23 heavy (non-hydrogen) atoms. The quantitative estimate of drug-likeness (QED) is 0.750. The Morgan fingerprint density at radius 3 is 2.91 bits per heavy atom. The van der Waals surface area contributed by atoms with E-state index in [0.717, 1.165) is 5.69 Å². The molecule has 0 saturated heterocycles. The van der Waals surface area contributed by atoms with E-state index >= 15 is 0 Å². The summed E-state index contributed by atoms with van der Waals surface area (Å²) in [5.74, 6) is -0.845. The van der Waals surface area contributed by atoms with E-state index in [1.54, 1.807) is 18.3 Å². The summed E-state index contributed by atoms with van der Waals surface area (Å²) in [6.07, 6.45) is 0.417. The van der Waals surface area contributed by atoms with Gasteiger partial charge in [0.25, 0.3) is 11.7 Å². The largest absolute Gasteiger partial charge is 0.386 e. The van der Waals surface area contributed by atoms with Gasteiger partial charge in [0.2, 0.25) is 5.82 Å². The van der Waals surface area contributed by atoms with E-state index < -0.39 is 17.8 Å². The van der Waals surface area contributed by atoms with Crippen LogP contribution in [0.4, 0.5) is 4.39 Å². The van der Waals surface area contributed by atoms with Crippen LogP contribution in [-0.2, 0) is 0 Å². The zero-order valence-electron chi connectivity index (χ0n) is 12.3. The van der Waals surface area contributed by atoms with Gasteiger partial charge in [-0.1, -0.05) is 18.2 Å². The highest BCUT2D eigenvalue weighted by molar-refractivity contribution is 5.90. The van der Waals surface area contributed by atoms with Crippen molar-refractivity contribution in [1.29, 1.82) is 0 Å². The van der Waals surface area contributed by atoms with Gasteiger partial charge in [0, 0.05) is 24.0 Å².